The van der Waals surface area contributed by atoms with Crippen LogP contribution in [0.25, 0.3) is 22.2 Å². The SMILES string of the molecule is NNc1nc(N2CCOCC2)c2ncc(-c3ccoc3)cc2n1. The van der Waals surface area contributed by atoms with Gasteiger partial charge >= 0.3 is 0 Å². The molecule has 3 aromatic rings. The van der Waals surface area contributed by atoms with E-state index in [1.807, 2.05) is 12.1 Å². The Bertz CT molecular complexity index is 814. The molecule has 3 N–H and O–H groups in total. The Hall–Kier alpha value is -2.71. The third kappa shape index (κ3) is 2.58. The number of hydrogen-bond donors (Lipinski definition) is 2. The molecule has 118 valence electrons. The molecule has 0 bridgehead atoms. The highest BCUT2D eigenvalue weighted by atomic mass is 16.5. The summed E-state index contributed by atoms with van der Waals surface area (Å²) in [4.78, 5) is 15.6. The van der Waals surface area contributed by atoms with Gasteiger partial charge in [0.1, 0.15) is 5.52 Å². The van der Waals surface area contributed by atoms with E-state index in [4.69, 9.17) is 15.0 Å². The lowest BCUT2D eigenvalue weighted by Crippen LogP contribution is -2.37. The van der Waals surface area contributed by atoms with Crippen molar-refractivity contribution in [2.75, 3.05) is 36.6 Å². The molecule has 1 saturated heterocycles. The van der Waals surface area contributed by atoms with Crippen LogP contribution >= 0.6 is 0 Å². The Balaban J connectivity index is 1.85. The molecule has 8 nitrogen and oxygen atoms in total. The van der Waals surface area contributed by atoms with E-state index in [-0.39, 0.29) is 0 Å². The fraction of sp³-hybridized carbons (Fsp3) is 0.267. The Morgan fingerprint density at radius 3 is 2.78 bits per heavy atom. The number of nitrogens with two attached hydrogens (primary N) is 1. The predicted molar refractivity (Wildman–Crippen MR) is 85.9 cm³/mol. The normalized spacial score (nSPS) is 15.1. The van der Waals surface area contributed by atoms with Crippen LogP contribution in [0.4, 0.5) is 11.8 Å². The molecule has 4 rings (SSSR count). The van der Waals surface area contributed by atoms with Crippen molar-refractivity contribution in [1.82, 2.24) is 15.0 Å². The summed E-state index contributed by atoms with van der Waals surface area (Å²) >= 11 is 0. The number of nitrogens with zero attached hydrogens (tertiary/aromatic N) is 4. The second-order valence-electron chi connectivity index (χ2n) is 5.22. The van der Waals surface area contributed by atoms with E-state index in [1.54, 1.807) is 18.7 Å². The minimum Gasteiger partial charge on any atom is -0.472 e. The van der Waals surface area contributed by atoms with Crippen LogP contribution < -0.4 is 16.2 Å². The summed E-state index contributed by atoms with van der Waals surface area (Å²) in [5.74, 6) is 6.65. The van der Waals surface area contributed by atoms with Gasteiger partial charge in [0.15, 0.2) is 5.82 Å². The quantitative estimate of drug-likeness (QED) is 0.553. The van der Waals surface area contributed by atoms with Crippen molar-refractivity contribution in [1.29, 1.82) is 0 Å². The first-order valence-corrected chi connectivity index (χ1v) is 7.35. The maximum atomic E-state index is 5.52. The predicted octanol–water partition coefficient (Wildman–Crippen LogP) is 1.41. The summed E-state index contributed by atoms with van der Waals surface area (Å²) in [5.41, 5.74) is 5.89. The lowest BCUT2D eigenvalue weighted by Gasteiger charge is -2.28. The Kier molecular flexibility index (Phi) is 3.52. The second kappa shape index (κ2) is 5.82. The first-order chi connectivity index (χ1) is 11.3. The third-order valence-corrected chi connectivity index (χ3v) is 3.81. The van der Waals surface area contributed by atoms with Gasteiger partial charge < -0.3 is 14.1 Å². The van der Waals surface area contributed by atoms with Crippen molar-refractivity contribution >= 4 is 22.8 Å². The molecule has 0 unspecified atom stereocenters. The average Bonchev–Trinajstić information content (AvgIpc) is 3.15. The van der Waals surface area contributed by atoms with Crippen molar-refractivity contribution in [3.8, 4) is 11.1 Å². The number of furan rings is 1. The summed E-state index contributed by atoms with van der Waals surface area (Å²) in [5, 5.41) is 0. The van der Waals surface area contributed by atoms with Gasteiger partial charge in [0.2, 0.25) is 5.95 Å². The Morgan fingerprint density at radius 2 is 2.04 bits per heavy atom. The number of hydrogen-bond acceptors (Lipinski definition) is 8. The lowest BCUT2D eigenvalue weighted by molar-refractivity contribution is 0.122. The smallest absolute Gasteiger partial charge is 0.239 e. The summed E-state index contributed by atoms with van der Waals surface area (Å²) in [7, 11) is 0. The van der Waals surface area contributed by atoms with Gasteiger partial charge in [0.25, 0.3) is 0 Å². The number of hydrazine groups is 1. The molecule has 0 spiro atoms. The summed E-state index contributed by atoms with van der Waals surface area (Å²) < 4.78 is 10.5. The largest absolute Gasteiger partial charge is 0.472 e. The van der Waals surface area contributed by atoms with Crippen molar-refractivity contribution in [2.45, 2.75) is 0 Å². The van der Waals surface area contributed by atoms with Gasteiger partial charge in [-0.2, -0.15) is 4.98 Å². The Morgan fingerprint density at radius 1 is 1.17 bits per heavy atom. The zero-order valence-corrected chi connectivity index (χ0v) is 12.4. The van der Waals surface area contributed by atoms with Crippen LogP contribution in [0.3, 0.4) is 0 Å². The molecule has 4 heterocycles. The number of aromatic nitrogens is 3. The number of morpholine rings is 1. The minimum atomic E-state index is 0.366. The standard InChI is InChI=1S/C15H16N6O2/c16-20-15-18-12-7-11(10-1-4-23-9-10)8-17-13(12)14(19-15)21-2-5-22-6-3-21/h1,4,7-9H,2-3,5-6,16H2,(H,18,19,20). The zero-order valence-electron chi connectivity index (χ0n) is 12.4. The highest BCUT2D eigenvalue weighted by Gasteiger charge is 2.18. The summed E-state index contributed by atoms with van der Waals surface area (Å²) in [6.45, 7) is 2.87. The number of anilines is 2. The van der Waals surface area contributed by atoms with Gasteiger partial charge in [-0.15, -0.1) is 0 Å². The first kappa shape index (κ1) is 13.9. The molecule has 1 aliphatic rings. The molecular weight excluding hydrogens is 296 g/mol. The molecule has 1 aliphatic heterocycles. The molecule has 3 aromatic heterocycles. The summed E-state index contributed by atoms with van der Waals surface area (Å²) in [6, 6.07) is 3.84. The van der Waals surface area contributed by atoms with E-state index >= 15 is 0 Å². The topological polar surface area (TPSA) is 102 Å². The fourth-order valence-electron chi connectivity index (χ4n) is 2.65. The van der Waals surface area contributed by atoms with Crippen LogP contribution in [0.5, 0.6) is 0 Å². The molecule has 0 aliphatic carbocycles. The summed E-state index contributed by atoms with van der Waals surface area (Å²) in [6.07, 6.45) is 5.11. The van der Waals surface area contributed by atoms with E-state index in [1.165, 1.54) is 0 Å². The van der Waals surface area contributed by atoms with Crippen molar-refractivity contribution in [3.05, 3.63) is 30.9 Å². The number of pyridine rings is 1. The molecule has 1 fully saturated rings. The lowest BCUT2D eigenvalue weighted by atomic mass is 10.1. The van der Waals surface area contributed by atoms with E-state index < -0.39 is 0 Å². The van der Waals surface area contributed by atoms with Crippen molar-refractivity contribution in [2.24, 2.45) is 5.84 Å². The molecule has 8 heteroatoms. The van der Waals surface area contributed by atoms with Crippen molar-refractivity contribution in [3.63, 3.8) is 0 Å². The first-order valence-electron chi connectivity index (χ1n) is 7.35. The van der Waals surface area contributed by atoms with Gasteiger partial charge in [0, 0.05) is 30.4 Å². The van der Waals surface area contributed by atoms with E-state index in [2.05, 4.69) is 25.3 Å². The molecule has 0 saturated carbocycles. The van der Waals surface area contributed by atoms with Crippen LogP contribution in [0.2, 0.25) is 0 Å². The van der Waals surface area contributed by atoms with Crippen LogP contribution in [0.1, 0.15) is 0 Å². The second-order valence-corrected chi connectivity index (χ2v) is 5.22. The fourth-order valence-corrected chi connectivity index (χ4v) is 2.65. The van der Waals surface area contributed by atoms with Gasteiger partial charge in [-0.1, -0.05) is 0 Å². The van der Waals surface area contributed by atoms with Crippen LogP contribution in [-0.4, -0.2) is 41.3 Å². The van der Waals surface area contributed by atoms with Crippen LogP contribution in [0.15, 0.2) is 35.3 Å². The van der Waals surface area contributed by atoms with E-state index in [9.17, 15) is 0 Å². The Labute approximate surface area is 132 Å². The highest BCUT2D eigenvalue weighted by molar-refractivity contribution is 5.89. The van der Waals surface area contributed by atoms with Crippen LogP contribution in [-0.2, 0) is 4.74 Å². The minimum absolute atomic E-state index is 0.366. The van der Waals surface area contributed by atoms with Gasteiger partial charge in [-0.25, -0.2) is 10.8 Å². The zero-order chi connectivity index (χ0) is 15.6. The third-order valence-electron chi connectivity index (χ3n) is 3.81. The van der Waals surface area contributed by atoms with Crippen LogP contribution in [0, 0.1) is 0 Å². The maximum absolute atomic E-state index is 5.52. The van der Waals surface area contributed by atoms with Crippen molar-refractivity contribution < 1.29 is 9.15 Å². The van der Waals surface area contributed by atoms with Gasteiger partial charge in [-0.3, -0.25) is 10.4 Å². The van der Waals surface area contributed by atoms with Gasteiger partial charge in [-0.05, 0) is 12.1 Å². The number of fused-ring (bicyclic) bond motifs is 1. The average molecular weight is 312 g/mol. The van der Waals surface area contributed by atoms with E-state index in [0.717, 1.165) is 41.1 Å². The monoisotopic (exact) mass is 312 g/mol. The maximum Gasteiger partial charge on any atom is 0.239 e. The number of ether oxygens (including phenoxy) is 1. The van der Waals surface area contributed by atoms with E-state index in [0.29, 0.717) is 19.2 Å². The van der Waals surface area contributed by atoms with Gasteiger partial charge in [0.05, 0.1) is 31.3 Å². The molecule has 23 heavy (non-hydrogen) atoms. The molecule has 0 aromatic carbocycles. The number of nitrogen functional groups attached to an aromatic ring is 1. The highest BCUT2D eigenvalue weighted by Crippen LogP contribution is 2.28. The number of rotatable bonds is 3. The molecule has 0 atom stereocenters. The number of nitrogens with one attached hydrogen (secondary N) is 1. The molecule has 0 radical (unpaired) electrons. The molecular formula is C15H16N6O2. The molecule has 0 amide bonds.